The second-order valence-electron chi connectivity index (χ2n) is 3.37. The number of anilines is 1. The maximum absolute atomic E-state index is 11.5. The quantitative estimate of drug-likeness (QED) is 0.602. The first-order valence-electron chi connectivity index (χ1n) is 5.09. The van der Waals surface area contributed by atoms with Crippen LogP contribution in [0.15, 0.2) is 30.3 Å². The van der Waals surface area contributed by atoms with Crippen LogP contribution >= 0.6 is 12.6 Å². The smallest absolute Gasteiger partial charge is 0.326 e. The van der Waals surface area contributed by atoms with Gasteiger partial charge < -0.3 is 15.7 Å². The van der Waals surface area contributed by atoms with E-state index in [1.54, 1.807) is 24.3 Å². The number of hydrogen-bond donors (Lipinski definition) is 4. The largest absolute Gasteiger partial charge is 0.480 e. The summed E-state index contributed by atoms with van der Waals surface area (Å²) in [4.78, 5) is 22.3. The summed E-state index contributed by atoms with van der Waals surface area (Å²) >= 11 is 3.94. The summed E-state index contributed by atoms with van der Waals surface area (Å²) in [5.41, 5.74) is 0.611. The third-order valence-corrected chi connectivity index (χ3v) is 2.31. The van der Waals surface area contributed by atoms with E-state index >= 15 is 0 Å². The standard InChI is InChI=1S/C11H14N2O3S/c14-10(15)9(6-7-17)13-11(16)12-8-4-2-1-3-5-8/h1-5,9,17H,6-7H2,(H,14,15)(H2,12,13,16). The summed E-state index contributed by atoms with van der Waals surface area (Å²) < 4.78 is 0. The van der Waals surface area contributed by atoms with Gasteiger partial charge in [0, 0.05) is 5.69 Å². The third kappa shape index (κ3) is 4.78. The van der Waals surface area contributed by atoms with E-state index in [1.165, 1.54) is 0 Å². The SMILES string of the molecule is O=C(Nc1ccccc1)NC(CCS)C(=O)O. The predicted octanol–water partition coefficient (Wildman–Crippen LogP) is 1.58. The number of para-hydroxylation sites is 1. The van der Waals surface area contributed by atoms with E-state index in [1.807, 2.05) is 6.07 Å². The second-order valence-corrected chi connectivity index (χ2v) is 3.81. The summed E-state index contributed by atoms with van der Waals surface area (Å²) in [6.07, 6.45) is 0.278. The van der Waals surface area contributed by atoms with Crippen molar-refractivity contribution < 1.29 is 14.7 Å². The molecule has 1 aromatic carbocycles. The highest BCUT2D eigenvalue weighted by atomic mass is 32.1. The van der Waals surface area contributed by atoms with Gasteiger partial charge in [0.25, 0.3) is 0 Å². The van der Waals surface area contributed by atoms with E-state index in [9.17, 15) is 9.59 Å². The number of amides is 2. The van der Waals surface area contributed by atoms with Gasteiger partial charge in [-0.15, -0.1) is 0 Å². The zero-order chi connectivity index (χ0) is 12.7. The Hall–Kier alpha value is -1.69. The average molecular weight is 254 g/mol. The lowest BCUT2D eigenvalue weighted by Crippen LogP contribution is -2.43. The fourth-order valence-electron chi connectivity index (χ4n) is 1.23. The first-order chi connectivity index (χ1) is 8.13. The Morgan fingerprint density at radius 2 is 1.94 bits per heavy atom. The van der Waals surface area contributed by atoms with E-state index in [0.29, 0.717) is 11.4 Å². The van der Waals surface area contributed by atoms with E-state index in [2.05, 4.69) is 23.3 Å². The molecule has 1 unspecified atom stereocenters. The summed E-state index contributed by atoms with van der Waals surface area (Å²) in [6, 6.07) is 7.35. The van der Waals surface area contributed by atoms with Gasteiger partial charge in [-0.2, -0.15) is 12.6 Å². The lowest BCUT2D eigenvalue weighted by molar-refractivity contribution is -0.139. The Morgan fingerprint density at radius 3 is 2.47 bits per heavy atom. The molecule has 0 saturated carbocycles. The fraction of sp³-hybridized carbons (Fsp3) is 0.273. The highest BCUT2D eigenvalue weighted by Crippen LogP contribution is 2.04. The van der Waals surface area contributed by atoms with Crippen molar-refractivity contribution in [3.8, 4) is 0 Å². The molecule has 0 spiro atoms. The molecule has 3 N–H and O–H groups in total. The van der Waals surface area contributed by atoms with Crippen LogP contribution in [0.2, 0.25) is 0 Å². The molecule has 0 aliphatic heterocycles. The number of benzene rings is 1. The van der Waals surface area contributed by atoms with Crippen molar-refractivity contribution in [3.05, 3.63) is 30.3 Å². The molecule has 1 atom stereocenters. The number of aliphatic carboxylic acids is 1. The molecule has 0 aliphatic carbocycles. The van der Waals surface area contributed by atoms with Gasteiger partial charge in [-0.05, 0) is 24.3 Å². The Morgan fingerprint density at radius 1 is 1.29 bits per heavy atom. The highest BCUT2D eigenvalue weighted by Gasteiger charge is 2.18. The molecule has 0 saturated heterocycles. The molecule has 1 aromatic rings. The molecule has 5 nitrogen and oxygen atoms in total. The van der Waals surface area contributed by atoms with Gasteiger partial charge in [-0.3, -0.25) is 0 Å². The summed E-state index contributed by atoms with van der Waals surface area (Å²) in [6.45, 7) is 0. The summed E-state index contributed by atoms with van der Waals surface area (Å²) in [5.74, 6) is -0.676. The van der Waals surface area contributed by atoms with Gasteiger partial charge in [0.15, 0.2) is 0 Å². The van der Waals surface area contributed by atoms with Crippen LogP contribution in [0.5, 0.6) is 0 Å². The van der Waals surface area contributed by atoms with Crippen LogP contribution in [-0.2, 0) is 4.79 Å². The van der Waals surface area contributed by atoms with Crippen LogP contribution < -0.4 is 10.6 Å². The minimum absolute atomic E-state index is 0.278. The Kier molecular flexibility index (Phi) is 5.35. The lowest BCUT2D eigenvalue weighted by atomic mass is 10.2. The van der Waals surface area contributed by atoms with Crippen molar-refractivity contribution in [2.75, 3.05) is 11.1 Å². The third-order valence-electron chi connectivity index (χ3n) is 2.05. The van der Waals surface area contributed by atoms with Crippen LogP contribution in [0.4, 0.5) is 10.5 Å². The number of carbonyl (C=O) groups is 2. The first-order valence-corrected chi connectivity index (χ1v) is 5.73. The number of hydrogen-bond acceptors (Lipinski definition) is 3. The fourth-order valence-corrected chi connectivity index (χ4v) is 1.49. The molecule has 0 aromatic heterocycles. The van der Waals surface area contributed by atoms with Crippen LogP contribution in [-0.4, -0.2) is 28.9 Å². The van der Waals surface area contributed by atoms with Gasteiger partial charge in [0.05, 0.1) is 0 Å². The molecule has 0 radical (unpaired) electrons. The van der Waals surface area contributed by atoms with Gasteiger partial charge in [-0.25, -0.2) is 9.59 Å². The van der Waals surface area contributed by atoms with Crippen molar-refractivity contribution in [1.29, 1.82) is 0 Å². The van der Waals surface area contributed by atoms with E-state index in [4.69, 9.17) is 5.11 Å². The van der Waals surface area contributed by atoms with Crippen molar-refractivity contribution in [3.63, 3.8) is 0 Å². The molecule has 0 heterocycles. The maximum Gasteiger partial charge on any atom is 0.326 e. The molecule has 0 aliphatic rings. The van der Waals surface area contributed by atoms with Crippen LogP contribution in [0.3, 0.4) is 0 Å². The average Bonchev–Trinajstić information content (AvgIpc) is 2.29. The maximum atomic E-state index is 11.5. The molecule has 1 rings (SSSR count). The molecule has 17 heavy (non-hydrogen) atoms. The molecule has 6 heteroatoms. The minimum Gasteiger partial charge on any atom is -0.480 e. The summed E-state index contributed by atoms with van der Waals surface area (Å²) in [7, 11) is 0. The number of thiol groups is 1. The topological polar surface area (TPSA) is 78.4 Å². The van der Waals surface area contributed by atoms with Crippen LogP contribution in [0.25, 0.3) is 0 Å². The van der Waals surface area contributed by atoms with Gasteiger partial charge in [0.2, 0.25) is 0 Å². The van der Waals surface area contributed by atoms with Gasteiger partial charge in [0.1, 0.15) is 6.04 Å². The number of nitrogens with one attached hydrogen (secondary N) is 2. The second kappa shape index (κ2) is 6.80. The van der Waals surface area contributed by atoms with Crippen molar-refractivity contribution in [2.45, 2.75) is 12.5 Å². The summed E-state index contributed by atoms with van der Waals surface area (Å²) in [5, 5.41) is 13.8. The Balaban J connectivity index is 2.51. The monoisotopic (exact) mass is 254 g/mol. The first kappa shape index (κ1) is 13.4. The van der Waals surface area contributed by atoms with Crippen LogP contribution in [0.1, 0.15) is 6.42 Å². The lowest BCUT2D eigenvalue weighted by Gasteiger charge is -2.13. The van der Waals surface area contributed by atoms with Crippen molar-refractivity contribution in [2.24, 2.45) is 0 Å². The number of carboxylic acids is 1. The minimum atomic E-state index is -1.07. The normalized spacial score (nSPS) is 11.6. The zero-order valence-corrected chi connectivity index (χ0v) is 9.98. The van der Waals surface area contributed by atoms with Crippen molar-refractivity contribution >= 4 is 30.3 Å². The Labute approximate surface area is 105 Å². The predicted molar refractivity (Wildman–Crippen MR) is 68.5 cm³/mol. The zero-order valence-electron chi connectivity index (χ0n) is 9.09. The molecule has 0 fully saturated rings. The van der Waals surface area contributed by atoms with Gasteiger partial charge in [-0.1, -0.05) is 18.2 Å². The molecular weight excluding hydrogens is 240 g/mol. The number of carboxylic acid groups (broad SMARTS) is 1. The van der Waals surface area contributed by atoms with E-state index < -0.39 is 18.0 Å². The van der Waals surface area contributed by atoms with Crippen LogP contribution in [0, 0.1) is 0 Å². The number of urea groups is 1. The molecule has 2 amide bonds. The van der Waals surface area contributed by atoms with E-state index in [0.717, 1.165) is 0 Å². The molecule has 92 valence electrons. The highest BCUT2D eigenvalue weighted by molar-refractivity contribution is 7.80. The molecular formula is C11H14N2O3S. The van der Waals surface area contributed by atoms with E-state index in [-0.39, 0.29) is 6.42 Å². The van der Waals surface area contributed by atoms with Gasteiger partial charge >= 0.3 is 12.0 Å². The molecule has 0 bridgehead atoms. The Bertz CT molecular complexity index is 384. The van der Waals surface area contributed by atoms with Crippen molar-refractivity contribution in [1.82, 2.24) is 5.32 Å². The number of rotatable bonds is 5. The number of carbonyl (C=O) groups excluding carboxylic acids is 1.